The van der Waals surface area contributed by atoms with Crippen molar-refractivity contribution in [3.05, 3.63) is 23.1 Å². The lowest BCUT2D eigenvalue weighted by Crippen LogP contribution is -2.45. The molecule has 8 heteroatoms. The number of carbonyl (C=O) groups excluding carboxylic acids is 1. The summed E-state index contributed by atoms with van der Waals surface area (Å²) in [6.07, 6.45) is 2.98. The highest BCUT2D eigenvalue weighted by Crippen LogP contribution is 2.00. The predicted molar refractivity (Wildman–Crippen MR) is 57.1 cm³/mol. The molecule has 0 fully saturated rings. The molecule has 1 heterocycles. The fraction of sp³-hybridized carbons (Fsp3) is 0.444. The van der Waals surface area contributed by atoms with Crippen molar-refractivity contribution in [1.29, 1.82) is 0 Å². The minimum absolute atomic E-state index is 0.0378. The van der Waals surface area contributed by atoms with Gasteiger partial charge in [0.2, 0.25) is 5.91 Å². The van der Waals surface area contributed by atoms with Crippen molar-refractivity contribution in [2.45, 2.75) is 25.4 Å². The number of carboxylic acid groups (broad SMARTS) is 1. The molecule has 0 aromatic carbocycles. The van der Waals surface area contributed by atoms with E-state index < -0.39 is 24.0 Å². The monoisotopic (exact) mass is 240 g/mol. The Bertz CT molecular complexity index is 403. The van der Waals surface area contributed by atoms with Crippen molar-refractivity contribution < 1.29 is 14.7 Å². The van der Waals surface area contributed by atoms with E-state index in [9.17, 15) is 14.5 Å². The van der Waals surface area contributed by atoms with Gasteiger partial charge in [0.1, 0.15) is 6.04 Å². The number of nitrogens with one attached hydrogen (secondary N) is 2. The van der Waals surface area contributed by atoms with E-state index in [2.05, 4.69) is 20.5 Å². The number of aromatic nitrogens is 2. The number of nitroso groups, excluding NO2 is 1. The SMILES string of the molecule is C[C@H](N=O)C(=O)N[C@@H](Cc1c[nH]cn1)C(=O)O. The van der Waals surface area contributed by atoms with Gasteiger partial charge < -0.3 is 15.4 Å². The van der Waals surface area contributed by atoms with Gasteiger partial charge in [-0.1, -0.05) is 5.18 Å². The van der Waals surface area contributed by atoms with Gasteiger partial charge in [0.05, 0.1) is 12.0 Å². The number of aliphatic carboxylic acids is 1. The van der Waals surface area contributed by atoms with Crippen LogP contribution in [0.4, 0.5) is 0 Å². The molecule has 1 aromatic rings. The predicted octanol–water partition coefficient (Wildman–Crippen LogP) is -0.324. The zero-order valence-corrected chi connectivity index (χ0v) is 9.08. The van der Waals surface area contributed by atoms with Crippen molar-refractivity contribution in [2.75, 3.05) is 0 Å². The number of carboxylic acids is 1. The molecule has 0 unspecified atom stereocenters. The zero-order chi connectivity index (χ0) is 12.8. The van der Waals surface area contributed by atoms with Crippen molar-refractivity contribution in [3.63, 3.8) is 0 Å². The lowest BCUT2D eigenvalue weighted by Gasteiger charge is -2.13. The summed E-state index contributed by atoms with van der Waals surface area (Å²) in [4.78, 5) is 38.9. The number of imidazole rings is 1. The number of nitrogens with zero attached hydrogens (tertiary/aromatic N) is 2. The second-order valence-corrected chi connectivity index (χ2v) is 3.45. The average Bonchev–Trinajstić information content (AvgIpc) is 2.79. The summed E-state index contributed by atoms with van der Waals surface area (Å²) in [5, 5.41) is 13.7. The maximum absolute atomic E-state index is 11.3. The number of hydrogen-bond acceptors (Lipinski definition) is 5. The van der Waals surface area contributed by atoms with Crippen LogP contribution in [0.1, 0.15) is 12.6 Å². The van der Waals surface area contributed by atoms with E-state index in [0.717, 1.165) is 0 Å². The van der Waals surface area contributed by atoms with Crippen LogP contribution in [0.2, 0.25) is 0 Å². The van der Waals surface area contributed by atoms with Crippen LogP contribution in [-0.4, -0.2) is 39.0 Å². The molecule has 0 saturated heterocycles. The molecule has 0 aliphatic carbocycles. The highest BCUT2D eigenvalue weighted by molar-refractivity contribution is 5.86. The molecule has 0 saturated carbocycles. The summed E-state index contributed by atoms with van der Waals surface area (Å²) in [6, 6.07) is -2.24. The largest absolute Gasteiger partial charge is 0.480 e. The zero-order valence-electron chi connectivity index (χ0n) is 9.08. The summed E-state index contributed by atoms with van der Waals surface area (Å²) in [7, 11) is 0. The van der Waals surface area contributed by atoms with E-state index in [1.54, 1.807) is 0 Å². The maximum Gasteiger partial charge on any atom is 0.326 e. The lowest BCUT2D eigenvalue weighted by atomic mass is 10.1. The molecule has 8 nitrogen and oxygen atoms in total. The molecule has 3 N–H and O–H groups in total. The van der Waals surface area contributed by atoms with Gasteiger partial charge in [0.25, 0.3) is 0 Å². The third-order valence-corrected chi connectivity index (χ3v) is 2.12. The van der Waals surface area contributed by atoms with E-state index in [-0.39, 0.29) is 6.42 Å². The third-order valence-electron chi connectivity index (χ3n) is 2.12. The van der Waals surface area contributed by atoms with Gasteiger partial charge in [0, 0.05) is 12.6 Å². The first-order valence-corrected chi connectivity index (χ1v) is 4.88. The van der Waals surface area contributed by atoms with E-state index in [0.29, 0.717) is 5.69 Å². The molecule has 0 aliphatic heterocycles. The molecule has 1 amide bonds. The molecule has 17 heavy (non-hydrogen) atoms. The van der Waals surface area contributed by atoms with Crippen LogP contribution in [0.5, 0.6) is 0 Å². The van der Waals surface area contributed by atoms with Crippen molar-refractivity contribution >= 4 is 11.9 Å². The Morgan fingerprint density at radius 3 is 2.82 bits per heavy atom. The van der Waals surface area contributed by atoms with E-state index in [1.165, 1.54) is 19.4 Å². The number of carbonyl (C=O) groups is 2. The fourth-order valence-electron chi connectivity index (χ4n) is 1.15. The molecular weight excluding hydrogens is 228 g/mol. The van der Waals surface area contributed by atoms with Gasteiger partial charge in [0.15, 0.2) is 6.04 Å². The normalized spacial score (nSPS) is 13.7. The first-order valence-electron chi connectivity index (χ1n) is 4.88. The van der Waals surface area contributed by atoms with E-state index in [4.69, 9.17) is 5.11 Å². The van der Waals surface area contributed by atoms with Gasteiger partial charge in [-0.15, -0.1) is 4.91 Å². The standard InChI is InChI=1S/C9H12N4O4/c1-5(13-17)8(14)12-7(9(15)16)2-6-3-10-4-11-6/h3-5,7H,2H2,1H3,(H,10,11)(H,12,14)(H,15,16)/t5-,7-/m0/s1. The number of amides is 1. The first-order chi connectivity index (χ1) is 8.04. The molecule has 0 spiro atoms. The van der Waals surface area contributed by atoms with Crippen LogP contribution in [-0.2, 0) is 16.0 Å². The molecule has 0 radical (unpaired) electrons. The van der Waals surface area contributed by atoms with E-state index in [1.807, 2.05) is 0 Å². The van der Waals surface area contributed by atoms with Crippen molar-refractivity contribution in [1.82, 2.24) is 15.3 Å². The number of rotatable bonds is 6. The van der Waals surface area contributed by atoms with Gasteiger partial charge in [-0.3, -0.25) is 4.79 Å². The summed E-state index contributed by atoms with van der Waals surface area (Å²) in [5.74, 6) is -1.91. The number of hydrogen-bond donors (Lipinski definition) is 3. The molecule has 0 aliphatic rings. The Balaban J connectivity index is 2.64. The van der Waals surface area contributed by atoms with Crippen LogP contribution in [0.3, 0.4) is 0 Å². The number of H-pyrrole nitrogens is 1. The molecule has 0 bridgehead atoms. The van der Waals surface area contributed by atoms with Crippen LogP contribution in [0.15, 0.2) is 17.7 Å². The Morgan fingerprint density at radius 2 is 2.35 bits per heavy atom. The minimum Gasteiger partial charge on any atom is -0.480 e. The Hall–Kier alpha value is -2.25. The number of aromatic amines is 1. The Kier molecular flexibility index (Phi) is 4.32. The third kappa shape index (κ3) is 3.67. The Labute approximate surface area is 96.4 Å². The summed E-state index contributed by atoms with van der Waals surface area (Å²) in [6.45, 7) is 1.29. The topological polar surface area (TPSA) is 125 Å². The molecular formula is C9H12N4O4. The van der Waals surface area contributed by atoms with Crippen molar-refractivity contribution in [3.8, 4) is 0 Å². The smallest absolute Gasteiger partial charge is 0.326 e. The second-order valence-electron chi connectivity index (χ2n) is 3.45. The summed E-state index contributed by atoms with van der Waals surface area (Å²) in [5.41, 5.74) is 0.504. The second kappa shape index (κ2) is 5.73. The van der Waals surface area contributed by atoms with Gasteiger partial charge >= 0.3 is 5.97 Å². The average molecular weight is 240 g/mol. The van der Waals surface area contributed by atoms with Crippen LogP contribution < -0.4 is 5.32 Å². The summed E-state index contributed by atoms with van der Waals surface area (Å²) < 4.78 is 0. The van der Waals surface area contributed by atoms with Gasteiger partial charge in [-0.05, 0) is 6.92 Å². The highest BCUT2D eigenvalue weighted by Gasteiger charge is 2.24. The Morgan fingerprint density at radius 1 is 1.65 bits per heavy atom. The molecule has 2 atom stereocenters. The quantitative estimate of drug-likeness (QED) is 0.587. The fourth-order valence-corrected chi connectivity index (χ4v) is 1.15. The highest BCUT2D eigenvalue weighted by atomic mass is 16.4. The molecule has 1 rings (SSSR count). The van der Waals surface area contributed by atoms with Crippen LogP contribution >= 0.6 is 0 Å². The maximum atomic E-state index is 11.3. The van der Waals surface area contributed by atoms with Gasteiger partial charge in [-0.25, -0.2) is 9.78 Å². The lowest BCUT2D eigenvalue weighted by molar-refractivity contribution is -0.141. The summed E-state index contributed by atoms with van der Waals surface area (Å²) >= 11 is 0. The molecule has 1 aromatic heterocycles. The van der Waals surface area contributed by atoms with Gasteiger partial charge in [-0.2, -0.15) is 0 Å². The molecule has 92 valence electrons. The van der Waals surface area contributed by atoms with E-state index >= 15 is 0 Å². The van der Waals surface area contributed by atoms with Crippen LogP contribution in [0.25, 0.3) is 0 Å². The van der Waals surface area contributed by atoms with Crippen molar-refractivity contribution in [2.24, 2.45) is 5.18 Å². The first kappa shape index (κ1) is 12.8. The van der Waals surface area contributed by atoms with Crippen LogP contribution in [0, 0.1) is 4.91 Å². The minimum atomic E-state index is -1.19.